The Morgan fingerprint density at radius 2 is 1.81 bits per heavy atom. The van der Waals surface area contributed by atoms with E-state index < -0.39 is 22.6 Å². The zero-order valence-electron chi connectivity index (χ0n) is 13.7. The SMILES string of the molecule is C[C@@](O)(C(=O)Nc1ccc(Nc2ccccc2[N+](=O)[O-])cc1Cl)C(F)(F)F. The number of hydrogen-bond donors (Lipinski definition) is 3. The minimum absolute atomic E-state index is 0.134. The molecule has 7 nitrogen and oxygen atoms in total. The summed E-state index contributed by atoms with van der Waals surface area (Å²) in [4.78, 5) is 22.1. The first-order chi connectivity index (χ1) is 12.4. The van der Waals surface area contributed by atoms with Crippen LogP contribution in [0.4, 0.5) is 35.9 Å². The molecule has 2 aromatic carbocycles. The van der Waals surface area contributed by atoms with Crippen molar-refractivity contribution in [3.05, 3.63) is 57.6 Å². The molecule has 0 spiro atoms. The number of para-hydroxylation sites is 2. The van der Waals surface area contributed by atoms with Crippen LogP contribution < -0.4 is 10.6 Å². The Morgan fingerprint density at radius 1 is 1.19 bits per heavy atom. The van der Waals surface area contributed by atoms with E-state index in [4.69, 9.17) is 11.6 Å². The van der Waals surface area contributed by atoms with E-state index in [-0.39, 0.29) is 22.1 Å². The molecule has 0 saturated heterocycles. The molecule has 0 unspecified atom stereocenters. The van der Waals surface area contributed by atoms with Crippen LogP contribution in [0, 0.1) is 10.1 Å². The van der Waals surface area contributed by atoms with Crippen molar-refractivity contribution in [3.8, 4) is 0 Å². The Kier molecular flexibility index (Phi) is 5.62. The first-order valence-corrected chi connectivity index (χ1v) is 7.72. The molecule has 2 rings (SSSR count). The van der Waals surface area contributed by atoms with Gasteiger partial charge in [-0.2, -0.15) is 13.2 Å². The number of rotatable bonds is 5. The van der Waals surface area contributed by atoms with Gasteiger partial charge in [0, 0.05) is 11.8 Å². The largest absolute Gasteiger partial charge is 0.426 e. The molecule has 0 saturated carbocycles. The number of aliphatic hydroxyl groups is 1. The Morgan fingerprint density at radius 3 is 2.37 bits per heavy atom. The van der Waals surface area contributed by atoms with E-state index in [1.165, 1.54) is 36.4 Å². The quantitative estimate of drug-likeness (QED) is 0.511. The van der Waals surface area contributed by atoms with Gasteiger partial charge in [-0.25, -0.2) is 0 Å². The molecule has 0 aliphatic heterocycles. The van der Waals surface area contributed by atoms with Crippen molar-refractivity contribution in [3.63, 3.8) is 0 Å². The van der Waals surface area contributed by atoms with Gasteiger partial charge in [0.15, 0.2) is 0 Å². The number of anilines is 3. The monoisotopic (exact) mass is 403 g/mol. The fourth-order valence-corrected chi connectivity index (χ4v) is 2.19. The van der Waals surface area contributed by atoms with Gasteiger partial charge >= 0.3 is 6.18 Å². The van der Waals surface area contributed by atoms with Gasteiger partial charge in [-0.3, -0.25) is 14.9 Å². The molecular weight excluding hydrogens is 391 g/mol. The van der Waals surface area contributed by atoms with E-state index in [0.717, 1.165) is 0 Å². The number of halogens is 4. The number of carbonyl (C=O) groups excluding carboxylic acids is 1. The summed E-state index contributed by atoms with van der Waals surface area (Å²) in [6.07, 6.45) is -5.17. The lowest BCUT2D eigenvalue weighted by atomic mass is 10.1. The molecule has 0 radical (unpaired) electrons. The van der Waals surface area contributed by atoms with Crippen LogP contribution in [0.3, 0.4) is 0 Å². The van der Waals surface area contributed by atoms with Crippen molar-refractivity contribution in [1.29, 1.82) is 0 Å². The lowest BCUT2D eigenvalue weighted by Gasteiger charge is -2.25. The predicted octanol–water partition coefficient (Wildman–Crippen LogP) is 4.24. The Balaban J connectivity index is 2.22. The number of nitrogens with zero attached hydrogens (tertiary/aromatic N) is 1. The average molecular weight is 404 g/mol. The predicted molar refractivity (Wildman–Crippen MR) is 93.1 cm³/mol. The van der Waals surface area contributed by atoms with Crippen molar-refractivity contribution in [1.82, 2.24) is 0 Å². The van der Waals surface area contributed by atoms with Crippen LogP contribution in [0.5, 0.6) is 0 Å². The van der Waals surface area contributed by atoms with Gasteiger partial charge in [0.2, 0.25) is 5.60 Å². The number of alkyl halides is 3. The van der Waals surface area contributed by atoms with Gasteiger partial charge in [0.05, 0.1) is 15.6 Å². The molecule has 0 fully saturated rings. The van der Waals surface area contributed by atoms with Crippen molar-refractivity contribution in [2.45, 2.75) is 18.7 Å². The van der Waals surface area contributed by atoms with Crippen molar-refractivity contribution in [2.24, 2.45) is 0 Å². The summed E-state index contributed by atoms with van der Waals surface area (Å²) < 4.78 is 38.1. The highest BCUT2D eigenvalue weighted by Gasteiger charge is 2.55. The summed E-state index contributed by atoms with van der Waals surface area (Å²) in [7, 11) is 0. The number of hydrogen-bond acceptors (Lipinski definition) is 5. The average Bonchev–Trinajstić information content (AvgIpc) is 2.56. The van der Waals surface area contributed by atoms with Crippen molar-refractivity contribution in [2.75, 3.05) is 10.6 Å². The van der Waals surface area contributed by atoms with E-state index in [1.54, 1.807) is 6.07 Å². The van der Waals surface area contributed by atoms with Gasteiger partial charge in [-0.05, 0) is 31.2 Å². The number of nitro benzene ring substituents is 1. The molecule has 144 valence electrons. The number of carbonyl (C=O) groups is 1. The summed E-state index contributed by atoms with van der Waals surface area (Å²) >= 11 is 5.95. The number of nitro groups is 1. The van der Waals surface area contributed by atoms with Crippen LogP contribution in [0.1, 0.15) is 6.92 Å². The fraction of sp³-hybridized carbons (Fsp3) is 0.188. The van der Waals surface area contributed by atoms with Crippen molar-refractivity contribution >= 4 is 40.3 Å². The van der Waals surface area contributed by atoms with Gasteiger partial charge in [0.1, 0.15) is 5.69 Å². The van der Waals surface area contributed by atoms with Crippen LogP contribution in [0.25, 0.3) is 0 Å². The van der Waals surface area contributed by atoms with Gasteiger partial charge < -0.3 is 15.7 Å². The maximum Gasteiger partial charge on any atom is 0.426 e. The minimum Gasteiger partial charge on any atom is -0.373 e. The highest BCUT2D eigenvalue weighted by molar-refractivity contribution is 6.34. The second-order valence-electron chi connectivity index (χ2n) is 5.62. The molecule has 11 heteroatoms. The van der Waals surface area contributed by atoms with E-state index in [0.29, 0.717) is 12.6 Å². The Bertz CT molecular complexity index is 887. The highest BCUT2D eigenvalue weighted by Crippen LogP contribution is 2.34. The van der Waals surface area contributed by atoms with Crippen LogP contribution in [-0.2, 0) is 4.79 Å². The maximum atomic E-state index is 12.7. The lowest BCUT2D eigenvalue weighted by molar-refractivity contribution is -0.383. The van der Waals surface area contributed by atoms with E-state index >= 15 is 0 Å². The van der Waals surface area contributed by atoms with E-state index in [9.17, 15) is 33.2 Å². The third-order valence-corrected chi connectivity index (χ3v) is 3.90. The summed E-state index contributed by atoms with van der Waals surface area (Å²) in [5.74, 6) is -1.70. The van der Waals surface area contributed by atoms with Crippen LogP contribution in [0.15, 0.2) is 42.5 Å². The normalized spacial score (nSPS) is 13.6. The maximum absolute atomic E-state index is 12.7. The molecule has 0 bridgehead atoms. The highest BCUT2D eigenvalue weighted by atomic mass is 35.5. The molecule has 3 N–H and O–H groups in total. The smallest absolute Gasteiger partial charge is 0.373 e. The summed E-state index contributed by atoms with van der Waals surface area (Å²) in [6.45, 7) is 0.320. The van der Waals surface area contributed by atoms with Crippen LogP contribution >= 0.6 is 11.6 Å². The lowest BCUT2D eigenvalue weighted by Crippen LogP contribution is -2.52. The molecule has 0 aliphatic carbocycles. The van der Waals surface area contributed by atoms with Crippen LogP contribution in [-0.4, -0.2) is 27.7 Å². The van der Waals surface area contributed by atoms with Crippen LogP contribution in [0.2, 0.25) is 5.02 Å². The number of amides is 1. The molecule has 1 amide bonds. The molecule has 0 aliphatic rings. The van der Waals surface area contributed by atoms with Crippen molar-refractivity contribution < 1.29 is 28.0 Å². The van der Waals surface area contributed by atoms with E-state index in [1.807, 2.05) is 5.32 Å². The van der Waals surface area contributed by atoms with Gasteiger partial charge in [0.25, 0.3) is 11.6 Å². The molecule has 2 aromatic rings. The zero-order valence-corrected chi connectivity index (χ0v) is 14.4. The third kappa shape index (κ3) is 4.47. The minimum atomic E-state index is -5.17. The summed E-state index contributed by atoms with van der Waals surface area (Å²) in [5.41, 5.74) is -3.48. The third-order valence-electron chi connectivity index (χ3n) is 3.59. The Labute approximate surface area is 155 Å². The second-order valence-corrected chi connectivity index (χ2v) is 6.03. The molecule has 1 atom stereocenters. The number of benzene rings is 2. The zero-order chi connectivity index (χ0) is 20.4. The first-order valence-electron chi connectivity index (χ1n) is 7.34. The molecule has 27 heavy (non-hydrogen) atoms. The van der Waals surface area contributed by atoms with E-state index in [2.05, 4.69) is 5.32 Å². The van der Waals surface area contributed by atoms with Gasteiger partial charge in [-0.1, -0.05) is 23.7 Å². The summed E-state index contributed by atoms with van der Waals surface area (Å²) in [6, 6.07) is 9.62. The Hall–Kier alpha value is -2.85. The first kappa shape index (κ1) is 20.5. The number of nitrogens with one attached hydrogen (secondary N) is 2. The second kappa shape index (κ2) is 7.41. The fourth-order valence-electron chi connectivity index (χ4n) is 1.96. The topological polar surface area (TPSA) is 104 Å². The van der Waals surface area contributed by atoms with Gasteiger partial charge in [-0.15, -0.1) is 0 Å². The molecular formula is C16H13ClF3N3O4. The molecule has 0 heterocycles. The summed E-state index contributed by atoms with van der Waals surface area (Å²) in [5, 5.41) is 24.9. The molecule has 0 aromatic heterocycles. The standard InChI is InChI=1S/C16H13ClF3N3O4/c1-15(25,16(18,19)20)14(24)22-11-7-6-9(8-10(11)17)21-12-4-2-3-5-13(12)23(26)27/h2-8,21,25H,1H3,(H,22,24)/t15-/m1/s1.